The number of benzene rings is 2. The van der Waals surface area contributed by atoms with Gasteiger partial charge in [-0.25, -0.2) is 5.06 Å². The lowest BCUT2D eigenvalue weighted by molar-refractivity contribution is -0.158. The first kappa shape index (κ1) is 15.6. The number of likely N-dealkylation sites (N-methyl/N-ethyl adjacent to an activating group) is 1. The number of anilines is 2. The molecule has 0 spiro atoms. The molecule has 6 heteroatoms. The highest BCUT2D eigenvalue weighted by Crippen LogP contribution is 2.33. The van der Waals surface area contributed by atoms with Gasteiger partial charge in [0.1, 0.15) is 0 Å². The number of halogens is 2. The standard InChI is InChI=1S/C15H14Cl2N2O2/c1-19(21)14(20)9-10-5-2-3-8-13(10)18-15-11(16)6-4-7-12(15)17/h2-8,18,21H,9H2,1H3. The summed E-state index contributed by atoms with van der Waals surface area (Å²) in [6.45, 7) is 0. The second-order valence-electron chi connectivity index (χ2n) is 4.47. The highest BCUT2D eigenvalue weighted by atomic mass is 35.5. The molecular formula is C15H14Cl2N2O2. The molecular weight excluding hydrogens is 311 g/mol. The predicted molar refractivity (Wildman–Crippen MR) is 84.4 cm³/mol. The summed E-state index contributed by atoms with van der Waals surface area (Å²) < 4.78 is 0. The summed E-state index contributed by atoms with van der Waals surface area (Å²) in [4.78, 5) is 11.6. The van der Waals surface area contributed by atoms with E-state index in [1.165, 1.54) is 7.05 Å². The lowest BCUT2D eigenvalue weighted by Gasteiger charge is -2.15. The quantitative estimate of drug-likeness (QED) is 0.656. The normalized spacial score (nSPS) is 10.3. The number of nitrogens with zero attached hydrogens (tertiary/aromatic N) is 1. The molecule has 21 heavy (non-hydrogen) atoms. The Morgan fingerprint density at radius 1 is 1.14 bits per heavy atom. The van der Waals surface area contributed by atoms with Crippen molar-refractivity contribution in [3.05, 3.63) is 58.1 Å². The maximum atomic E-state index is 11.6. The zero-order valence-corrected chi connectivity index (χ0v) is 12.8. The van der Waals surface area contributed by atoms with Crippen molar-refractivity contribution in [2.45, 2.75) is 6.42 Å². The van der Waals surface area contributed by atoms with Crippen LogP contribution in [0.15, 0.2) is 42.5 Å². The molecule has 0 atom stereocenters. The molecule has 0 bridgehead atoms. The van der Waals surface area contributed by atoms with Crippen molar-refractivity contribution < 1.29 is 10.0 Å². The first-order chi connectivity index (χ1) is 9.99. The third kappa shape index (κ3) is 3.88. The van der Waals surface area contributed by atoms with Crippen molar-refractivity contribution in [2.24, 2.45) is 0 Å². The Balaban J connectivity index is 2.31. The van der Waals surface area contributed by atoms with Crippen molar-refractivity contribution in [1.29, 1.82) is 0 Å². The van der Waals surface area contributed by atoms with Gasteiger partial charge in [0.15, 0.2) is 0 Å². The lowest BCUT2D eigenvalue weighted by Crippen LogP contribution is -2.24. The average Bonchev–Trinajstić information content (AvgIpc) is 2.44. The van der Waals surface area contributed by atoms with E-state index in [4.69, 9.17) is 23.2 Å². The van der Waals surface area contributed by atoms with E-state index in [0.717, 1.165) is 5.56 Å². The fourth-order valence-electron chi connectivity index (χ4n) is 1.83. The molecule has 2 aromatic rings. The molecule has 1 amide bonds. The van der Waals surface area contributed by atoms with Crippen LogP contribution in [0.1, 0.15) is 5.56 Å². The summed E-state index contributed by atoms with van der Waals surface area (Å²) in [5, 5.41) is 13.9. The molecule has 2 N–H and O–H groups in total. The van der Waals surface area contributed by atoms with Gasteiger partial charge in [0.25, 0.3) is 0 Å². The van der Waals surface area contributed by atoms with Crippen molar-refractivity contribution in [3.63, 3.8) is 0 Å². The van der Waals surface area contributed by atoms with Crippen molar-refractivity contribution in [2.75, 3.05) is 12.4 Å². The lowest BCUT2D eigenvalue weighted by atomic mass is 10.1. The number of rotatable bonds is 4. The first-order valence-electron chi connectivity index (χ1n) is 6.23. The van der Waals surface area contributed by atoms with Crippen LogP contribution in [0, 0.1) is 0 Å². The van der Waals surface area contributed by atoms with E-state index in [2.05, 4.69) is 5.32 Å². The number of amides is 1. The van der Waals surface area contributed by atoms with Crippen molar-refractivity contribution >= 4 is 40.5 Å². The minimum atomic E-state index is -0.408. The molecule has 2 aromatic carbocycles. The van der Waals surface area contributed by atoms with Gasteiger partial charge in [0.05, 0.1) is 22.2 Å². The van der Waals surface area contributed by atoms with Crippen LogP contribution in [0.3, 0.4) is 0 Å². The molecule has 0 aliphatic rings. The summed E-state index contributed by atoms with van der Waals surface area (Å²) in [5.74, 6) is -0.408. The van der Waals surface area contributed by atoms with Crippen LogP contribution in [0.5, 0.6) is 0 Å². The first-order valence-corrected chi connectivity index (χ1v) is 6.99. The second-order valence-corrected chi connectivity index (χ2v) is 5.29. The predicted octanol–water partition coefficient (Wildman–Crippen LogP) is 4.13. The van der Waals surface area contributed by atoms with Crippen molar-refractivity contribution in [3.8, 4) is 0 Å². The maximum Gasteiger partial charge on any atom is 0.250 e. The van der Waals surface area contributed by atoms with Crippen LogP contribution >= 0.6 is 23.2 Å². The minimum absolute atomic E-state index is 0.0677. The molecule has 110 valence electrons. The summed E-state index contributed by atoms with van der Waals surface area (Å²) >= 11 is 12.3. The van der Waals surface area contributed by atoms with E-state index in [9.17, 15) is 10.0 Å². The van der Waals surface area contributed by atoms with Gasteiger partial charge in [0, 0.05) is 12.7 Å². The van der Waals surface area contributed by atoms with Crippen molar-refractivity contribution in [1.82, 2.24) is 5.06 Å². The van der Waals surface area contributed by atoms with Crippen LogP contribution in [0.4, 0.5) is 11.4 Å². The number of hydrogen-bond donors (Lipinski definition) is 2. The van der Waals surface area contributed by atoms with Gasteiger partial charge in [0.2, 0.25) is 5.91 Å². The highest BCUT2D eigenvalue weighted by molar-refractivity contribution is 6.39. The van der Waals surface area contributed by atoms with E-state index in [1.54, 1.807) is 24.3 Å². The number of carbonyl (C=O) groups is 1. The summed E-state index contributed by atoms with van der Waals surface area (Å²) in [5.41, 5.74) is 2.03. The van der Waals surface area contributed by atoms with Gasteiger partial charge in [-0.3, -0.25) is 10.0 Å². The van der Waals surface area contributed by atoms with E-state index < -0.39 is 5.91 Å². The van der Waals surface area contributed by atoms with Crippen LogP contribution < -0.4 is 5.32 Å². The topological polar surface area (TPSA) is 52.6 Å². The summed E-state index contributed by atoms with van der Waals surface area (Å²) in [7, 11) is 1.29. The van der Waals surface area contributed by atoms with Crippen LogP contribution in [0.25, 0.3) is 0 Å². The van der Waals surface area contributed by atoms with Gasteiger partial charge < -0.3 is 5.32 Å². The fraction of sp³-hybridized carbons (Fsp3) is 0.133. The second kappa shape index (κ2) is 6.80. The van der Waals surface area contributed by atoms with E-state index in [1.807, 2.05) is 18.2 Å². The largest absolute Gasteiger partial charge is 0.353 e. The molecule has 0 radical (unpaired) electrons. The van der Waals surface area contributed by atoms with E-state index in [-0.39, 0.29) is 6.42 Å². The Morgan fingerprint density at radius 2 is 1.76 bits per heavy atom. The summed E-state index contributed by atoms with van der Waals surface area (Å²) in [6, 6.07) is 12.5. The SMILES string of the molecule is CN(O)C(=O)Cc1ccccc1Nc1c(Cl)cccc1Cl. The Labute approximate surface area is 132 Å². The molecule has 0 heterocycles. The highest BCUT2D eigenvalue weighted by Gasteiger charge is 2.12. The van der Waals surface area contributed by atoms with Gasteiger partial charge >= 0.3 is 0 Å². The maximum absolute atomic E-state index is 11.6. The van der Waals surface area contributed by atoms with Gasteiger partial charge in [-0.05, 0) is 23.8 Å². The molecule has 0 saturated heterocycles. The molecule has 4 nitrogen and oxygen atoms in total. The third-order valence-corrected chi connectivity index (χ3v) is 3.57. The Bertz CT molecular complexity index is 640. The third-order valence-electron chi connectivity index (χ3n) is 2.94. The molecule has 2 rings (SSSR count). The van der Waals surface area contributed by atoms with Crippen LogP contribution in [-0.2, 0) is 11.2 Å². The number of carbonyl (C=O) groups excluding carboxylic acids is 1. The van der Waals surface area contributed by atoms with Gasteiger partial charge in [-0.2, -0.15) is 0 Å². The van der Waals surface area contributed by atoms with Gasteiger partial charge in [-0.1, -0.05) is 47.5 Å². The molecule has 0 aliphatic carbocycles. The zero-order valence-electron chi connectivity index (χ0n) is 11.3. The van der Waals surface area contributed by atoms with Crippen LogP contribution in [0.2, 0.25) is 10.0 Å². The fourth-order valence-corrected chi connectivity index (χ4v) is 2.32. The number of nitrogens with one attached hydrogen (secondary N) is 1. The molecule has 0 aromatic heterocycles. The summed E-state index contributed by atoms with van der Waals surface area (Å²) in [6.07, 6.45) is 0.0677. The number of para-hydroxylation sites is 2. The van der Waals surface area contributed by atoms with E-state index in [0.29, 0.717) is 26.5 Å². The Hall–Kier alpha value is -1.75. The minimum Gasteiger partial charge on any atom is -0.353 e. The Kier molecular flexibility index (Phi) is 5.07. The molecule has 0 fully saturated rings. The van der Waals surface area contributed by atoms with E-state index >= 15 is 0 Å². The smallest absolute Gasteiger partial charge is 0.250 e. The number of hydroxylamine groups is 2. The monoisotopic (exact) mass is 324 g/mol. The molecule has 0 unspecified atom stereocenters. The Morgan fingerprint density at radius 3 is 2.38 bits per heavy atom. The van der Waals surface area contributed by atoms with Gasteiger partial charge in [-0.15, -0.1) is 0 Å². The average molecular weight is 325 g/mol. The zero-order chi connectivity index (χ0) is 15.4. The molecule has 0 aliphatic heterocycles. The number of hydrogen-bond acceptors (Lipinski definition) is 3. The van der Waals surface area contributed by atoms with Crippen LogP contribution in [-0.4, -0.2) is 23.2 Å². The molecule has 0 saturated carbocycles.